The molecule has 1 aromatic carbocycles. The summed E-state index contributed by atoms with van der Waals surface area (Å²) in [5, 5.41) is 17.9. The van der Waals surface area contributed by atoms with Gasteiger partial charge in [-0.05, 0) is 31.2 Å². The average Bonchev–Trinajstić information content (AvgIpc) is 3.07. The molecule has 26 heavy (non-hydrogen) atoms. The number of benzene rings is 1. The molecule has 0 radical (unpaired) electrons. The molecule has 0 saturated heterocycles. The summed E-state index contributed by atoms with van der Waals surface area (Å²) < 4.78 is 4.88. The maximum Gasteiger partial charge on any atom is 0.275 e. The predicted molar refractivity (Wildman–Crippen MR) is 92.5 cm³/mol. The molecule has 0 aliphatic heterocycles. The van der Waals surface area contributed by atoms with E-state index in [1.54, 1.807) is 43.3 Å². The largest absolute Gasteiger partial charge is 0.360 e. The number of hydrogen-bond donors (Lipinski definition) is 2. The minimum atomic E-state index is -0.528. The maximum absolute atomic E-state index is 12.4. The molecule has 8 heteroatoms. The van der Waals surface area contributed by atoms with Gasteiger partial charge in [-0.1, -0.05) is 23.4 Å². The smallest absolute Gasteiger partial charge is 0.275 e. The van der Waals surface area contributed by atoms with Crippen LogP contribution in [0.2, 0.25) is 0 Å². The summed E-state index contributed by atoms with van der Waals surface area (Å²) in [6.45, 7) is 1.70. The molecule has 3 aromatic rings. The first-order valence-corrected chi connectivity index (χ1v) is 7.59. The summed E-state index contributed by atoms with van der Waals surface area (Å²) in [5.41, 5.74) is 0.791. The number of para-hydroxylation sites is 1. The molecule has 0 aliphatic rings. The molecule has 0 spiro atoms. The maximum atomic E-state index is 12.4. The van der Waals surface area contributed by atoms with Crippen molar-refractivity contribution in [2.24, 2.45) is 0 Å². The molecule has 0 unspecified atom stereocenters. The third kappa shape index (κ3) is 3.73. The van der Waals surface area contributed by atoms with Crippen molar-refractivity contribution in [3.63, 3.8) is 0 Å². The standard InChI is InChI=1S/C18H13N5O3/c1-11-9-16(23-26-11)22-18(25)15-8-4-7-14(20-15)17(24)21-13-6-3-2-5-12(13)10-19/h2-9H,1H3,(H,21,24)(H,22,23,25). The first-order chi connectivity index (χ1) is 12.6. The van der Waals surface area contributed by atoms with Crippen LogP contribution in [-0.4, -0.2) is 22.0 Å². The lowest BCUT2D eigenvalue weighted by Crippen LogP contribution is -2.19. The van der Waals surface area contributed by atoms with Gasteiger partial charge in [0.15, 0.2) is 5.82 Å². The summed E-state index contributed by atoms with van der Waals surface area (Å²) in [5.74, 6) is -0.241. The Morgan fingerprint density at radius 1 is 1.04 bits per heavy atom. The first kappa shape index (κ1) is 16.9. The first-order valence-electron chi connectivity index (χ1n) is 7.59. The van der Waals surface area contributed by atoms with Crippen molar-refractivity contribution in [1.29, 1.82) is 5.26 Å². The number of nitrogens with one attached hydrogen (secondary N) is 2. The normalized spacial score (nSPS) is 10.0. The Morgan fingerprint density at radius 3 is 2.38 bits per heavy atom. The highest BCUT2D eigenvalue weighted by Crippen LogP contribution is 2.15. The Labute approximate surface area is 148 Å². The Bertz CT molecular complexity index is 1020. The van der Waals surface area contributed by atoms with E-state index in [-0.39, 0.29) is 17.2 Å². The zero-order valence-corrected chi connectivity index (χ0v) is 13.7. The highest BCUT2D eigenvalue weighted by atomic mass is 16.5. The third-order valence-corrected chi connectivity index (χ3v) is 3.38. The highest BCUT2D eigenvalue weighted by Gasteiger charge is 2.15. The van der Waals surface area contributed by atoms with Crippen LogP contribution in [0.1, 0.15) is 32.3 Å². The second-order valence-corrected chi connectivity index (χ2v) is 5.30. The summed E-state index contributed by atoms with van der Waals surface area (Å²) in [7, 11) is 0. The van der Waals surface area contributed by atoms with E-state index in [9.17, 15) is 9.59 Å². The van der Waals surface area contributed by atoms with Crippen LogP contribution in [0.25, 0.3) is 0 Å². The van der Waals surface area contributed by atoms with Crippen molar-refractivity contribution in [1.82, 2.24) is 10.1 Å². The highest BCUT2D eigenvalue weighted by molar-refractivity contribution is 6.06. The van der Waals surface area contributed by atoms with Gasteiger partial charge in [0, 0.05) is 6.07 Å². The molecule has 0 bridgehead atoms. The number of aromatic nitrogens is 2. The summed E-state index contributed by atoms with van der Waals surface area (Å²) >= 11 is 0. The van der Waals surface area contributed by atoms with Crippen LogP contribution in [0.4, 0.5) is 11.5 Å². The van der Waals surface area contributed by atoms with Gasteiger partial charge in [-0.3, -0.25) is 9.59 Å². The van der Waals surface area contributed by atoms with Crippen molar-refractivity contribution < 1.29 is 14.1 Å². The number of carbonyl (C=O) groups excluding carboxylic acids is 2. The molecule has 3 rings (SSSR count). The van der Waals surface area contributed by atoms with Crippen LogP contribution in [0.5, 0.6) is 0 Å². The number of nitriles is 1. The SMILES string of the molecule is Cc1cc(NC(=O)c2cccc(C(=O)Nc3ccccc3C#N)n2)no1. The minimum absolute atomic E-state index is 0.0433. The Morgan fingerprint density at radius 2 is 1.73 bits per heavy atom. The van der Waals surface area contributed by atoms with Gasteiger partial charge in [0.05, 0.1) is 11.3 Å². The van der Waals surface area contributed by atoms with Crippen LogP contribution >= 0.6 is 0 Å². The number of hydrogen-bond acceptors (Lipinski definition) is 6. The van der Waals surface area contributed by atoms with Crippen molar-refractivity contribution in [3.8, 4) is 6.07 Å². The van der Waals surface area contributed by atoms with Gasteiger partial charge in [0.25, 0.3) is 11.8 Å². The van der Waals surface area contributed by atoms with Gasteiger partial charge in [-0.15, -0.1) is 0 Å². The van der Waals surface area contributed by atoms with Crippen LogP contribution in [0.3, 0.4) is 0 Å². The van der Waals surface area contributed by atoms with E-state index in [0.717, 1.165) is 0 Å². The van der Waals surface area contributed by atoms with Crippen molar-refractivity contribution in [3.05, 3.63) is 71.2 Å². The molecule has 2 aromatic heterocycles. The number of nitrogens with zero attached hydrogens (tertiary/aromatic N) is 3. The number of carbonyl (C=O) groups is 2. The molecule has 2 heterocycles. The van der Waals surface area contributed by atoms with Crippen LogP contribution in [0, 0.1) is 18.3 Å². The second-order valence-electron chi connectivity index (χ2n) is 5.30. The Kier molecular flexibility index (Phi) is 4.71. The number of anilines is 2. The second kappa shape index (κ2) is 7.27. The van der Waals surface area contributed by atoms with Crippen LogP contribution < -0.4 is 10.6 Å². The summed E-state index contributed by atoms with van der Waals surface area (Å²) in [6.07, 6.45) is 0. The van der Waals surface area contributed by atoms with Gasteiger partial charge in [0.2, 0.25) is 0 Å². The van der Waals surface area contributed by atoms with Crippen LogP contribution in [0.15, 0.2) is 53.1 Å². The van der Waals surface area contributed by atoms with E-state index < -0.39 is 11.8 Å². The number of rotatable bonds is 4. The lowest BCUT2D eigenvalue weighted by molar-refractivity contribution is 0.101. The summed E-state index contributed by atoms with van der Waals surface area (Å²) in [4.78, 5) is 28.7. The van der Waals surface area contributed by atoms with E-state index in [4.69, 9.17) is 9.78 Å². The molecular weight excluding hydrogens is 334 g/mol. The van der Waals surface area contributed by atoms with Crippen molar-refractivity contribution >= 4 is 23.3 Å². The zero-order valence-electron chi connectivity index (χ0n) is 13.7. The molecular formula is C18H13N5O3. The molecule has 0 saturated carbocycles. The molecule has 0 aliphatic carbocycles. The van der Waals surface area contributed by atoms with Gasteiger partial charge in [0.1, 0.15) is 23.2 Å². The molecule has 0 fully saturated rings. The predicted octanol–water partition coefficient (Wildman–Crippen LogP) is 2.75. The molecule has 2 N–H and O–H groups in total. The lowest BCUT2D eigenvalue weighted by atomic mass is 10.2. The molecule has 128 valence electrons. The van der Waals surface area contributed by atoms with E-state index in [1.165, 1.54) is 12.1 Å². The minimum Gasteiger partial charge on any atom is -0.360 e. The van der Waals surface area contributed by atoms with Crippen molar-refractivity contribution in [2.75, 3.05) is 10.6 Å². The van der Waals surface area contributed by atoms with E-state index in [1.807, 2.05) is 6.07 Å². The molecule has 2 amide bonds. The van der Waals surface area contributed by atoms with E-state index in [0.29, 0.717) is 17.0 Å². The zero-order chi connectivity index (χ0) is 18.5. The number of pyridine rings is 1. The fourth-order valence-corrected chi connectivity index (χ4v) is 2.17. The van der Waals surface area contributed by atoms with Gasteiger partial charge in [-0.2, -0.15) is 5.26 Å². The van der Waals surface area contributed by atoms with Gasteiger partial charge < -0.3 is 15.2 Å². The fraction of sp³-hybridized carbons (Fsp3) is 0.0556. The van der Waals surface area contributed by atoms with E-state index in [2.05, 4.69) is 20.8 Å². The lowest BCUT2D eigenvalue weighted by Gasteiger charge is -2.07. The monoisotopic (exact) mass is 347 g/mol. The van der Waals surface area contributed by atoms with E-state index >= 15 is 0 Å². The number of aryl methyl sites for hydroxylation is 1. The topological polar surface area (TPSA) is 121 Å². The number of amides is 2. The van der Waals surface area contributed by atoms with Gasteiger partial charge in [-0.25, -0.2) is 4.98 Å². The summed E-state index contributed by atoms with van der Waals surface area (Å²) in [6, 6.07) is 14.7. The van der Waals surface area contributed by atoms with Gasteiger partial charge >= 0.3 is 0 Å². The Hall–Kier alpha value is -3.99. The molecule has 8 nitrogen and oxygen atoms in total. The molecule has 0 atom stereocenters. The van der Waals surface area contributed by atoms with Crippen LogP contribution in [-0.2, 0) is 0 Å². The quantitative estimate of drug-likeness (QED) is 0.748. The Balaban J connectivity index is 1.77. The van der Waals surface area contributed by atoms with Crippen molar-refractivity contribution in [2.45, 2.75) is 6.92 Å². The fourth-order valence-electron chi connectivity index (χ4n) is 2.17. The average molecular weight is 347 g/mol. The third-order valence-electron chi connectivity index (χ3n) is 3.38.